The fraction of sp³-hybridized carbons (Fsp3) is 0.231. The van der Waals surface area contributed by atoms with E-state index in [-0.39, 0.29) is 5.91 Å². The minimum Gasteiger partial charge on any atom is -0.349 e. The SMILES string of the molecule is Cn1cc(-c2ccccc2)nc1C(=O)NCCS. The number of nitrogens with zero attached hydrogens (tertiary/aromatic N) is 2. The third-order valence-electron chi connectivity index (χ3n) is 2.55. The van der Waals surface area contributed by atoms with Gasteiger partial charge in [-0.2, -0.15) is 12.6 Å². The number of rotatable bonds is 4. The van der Waals surface area contributed by atoms with E-state index in [1.807, 2.05) is 43.6 Å². The molecule has 4 nitrogen and oxygen atoms in total. The van der Waals surface area contributed by atoms with Crippen molar-refractivity contribution in [3.05, 3.63) is 42.4 Å². The van der Waals surface area contributed by atoms with E-state index in [0.717, 1.165) is 11.3 Å². The Kier molecular flexibility index (Phi) is 4.04. The van der Waals surface area contributed by atoms with Crippen molar-refractivity contribution in [2.45, 2.75) is 0 Å². The first-order valence-corrected chi connectivity index (χ1v) is 6.33. The van der Waals surface area contributed by atoms with Crippen molar-refractivity contribution < 1.29 is 4.79 Å². The Morgan fingerprint density at radius 1 is 1.39 bits per heavy atom. The molecule has 0 saturated heterocycles. The zero-order valence-corrected chi connectivity index (χ0v) is 11.0. The van der Waals surface area contributed by atoms with Crippen LogP contribution in [0.25, 0.3) is 11.3 Å². The van der Waals surface area contributed by atoms with Crippen LogP contribution in [-0.4, -0.2) is 27.8 Å². The van der Waals surface area contributed by atoms with E-state index in [4.69, 9.17) is 0 Å². The van der Waals surface area contributed by atoms with Gasteiger partial charge in [0.25, 0.3) is 5.91 Å². The van der Waals surface area contributed by atoms with Crippen molar-refractivity contribution in [3.8, 4) is 11.3 Å². The highest BCUT2D eigenvalue weighted by atomic mass is 32.1. The summed E-state index contributed by atoms with van der Waals surface area (Å²) in [4.78, 5) is 16.2. The lowest BCUT2D eigenvalue weighted by atomic mass is 10.2. The van der Waals surface area contributed by atoms with Crippen LogP contribution in [0.5, 0.6) is 0 Å². The van der Waals surface area contributed by atoms with Gasteiger partial charge in [0.2, 0.25) is 0 Å². The molecule has 94 valence electrons. The van der Waals surface area contributed by atoms with Crippen LogP contribution in [0.3, 0.4) is 0 Å². The molecule has 0 aliphatic carbocycles. The molecular weight excluding hydrogens is 246 g/mol. The summed E-state index contributed by atoms with van der Waals surface area (Å²) in [5.41, 5.74) is 1.80. The molecule has 0 bridgehead atoms. The summed E-state index contributed by atoms with van der Waals surface area (Å²) >= 11 is 4.05. The first kappa shape index (κ1) is 12.7. The molecule has 0 aliphatic heterocycles. The Morgan fingerprint density at radius 3 is 2.78 bits per heavy atom. The summed E-state index contributed by atoms with van der Waals surface area (Å²) in [7, 11) is 1.81. The van der Waals surface area contributed by atoms with E-state index in [1.165, 1.54) is 0 Å². The molecule has 0 saturated carbocycles. The first-order chi connectivity index (χ1) is 8.72. The lowest BCUT2D eigenvalue weighted by Gasteiger charge is -2.01. The van der Waals surface area contributed by atoms with Crippen LogP contribution in [-0.2, 0) is 7.05 Å². The Balaban J connectivity index is 2.25. The van der Waals surface area contributed by atoms with Gasteiger partial charge in [-0.3, -0.25) is 4.79 Å². The van der Waals surface area contributed by atoms with Gasteiger partial charge in [0, 0.05) is 31.1 Å². The number of amides is 1. The minimum atomic E-state index is -0.172. The number of thiol groups is 1. The molecular formula is C13H15N3OS. The molecule has 1 N–H and O–H groups in total. The average molecular weight is 261 g/mol. The molecule has 0 unspecified atom stereocenters. The number of benzene rings is 1. The topological polar surface area (TPSA) is 46.9 Å². The van der Waals surface area contributed by atoms with Crippen molar-refractivity contribution >= 4 is 18.5 Å². The Morgan fingerprint density at radius 2 is 2.11 bits per heavy atom. The van der Waals surface area contributed by atoms with Crippen molar-refractivity contribution in [1.82, 2.24) is 14.9 Å². The van der Waals surface area contributed by atoms with Crippen LogP contribution < -0.4 is 5.32 Å². The summed E-state index contributed by atoms with van der Waals surface area (Å²) in [6.07, 6.45) is 1.85. The lowest BCUT2D eigenvalue weighted by molar-refractivity contribution is 0.0943. The van der Waals surface area contributed by atoms with E-state index >= 15 is 0 Å². The molecule has 2 aromatic rings. The van der Waals surface area contributed by atoms with E-state index in [0.29, 0.717) is 18.1 Å². The molecule has 1 heterocycles. The standard InChI is InChI=1S/C13H15N3OS/c1-16-9-11(10-5-3-2-4-6-10)15-12(16)13(17)14-7-8-18/h2-6,9,18H,7-8H2,1H3,(H,14,17). The highest BCUT2D eigenvalue weighted by Gasteiger charge is 2.13. The summed E-state index contributed by atoms with van der Waals surface area (Å²) < 4.78 is 1.73. The van der Waals surface area contributed by atoms with Gasteiger partial charge in [-0.1, -0.05) is 30.3 Å². The monoisotopic (exact) mass is 261 g/mol. The second-order valence-corrected chi connectivity index (χ2v) is 4.35. The van der Waals surface area contributed by atoms with E-state index < -0.39 is 0 Å². The van der Waals surface area contributed by atoms with E-state index in [2.05, 4.69) is 22.9 Å². The quantitative estimate of drug-likeness (QED) is 0.824. The number of carbonyl (C=O) groups is 1. The molecule has 0 spiro atoms. The maximum atomic E-state index is 11.8. The fourth-order valence-electron chi connectivity index (χ4n) is 1.67. The van der Waals surface area contributed by atoms with E-state index in [9.17, 15) is 4.79 Å². The lowest BCUT2D eigenvalue weighted by Crippen LogP contribution is -2.27. The zero-order valence-electron chi connectivity index (χ0n) is 10.1. The summed E-state index contributed by atoms with van der Waals surface area (Å²) in [5, 5.41) is 2.76. The van der Waals surface area contributed by atoms with Gasteiger partial charge in [0.1, 0.15) is 0 Å². The molecule has 5 heteroatoms. The summed E-state index contributed by atoms with van der Waals surface area (Å²) in [6, 6.07) is 9.79. The fourth-order valence-corrected chi connectivity index (χ4v) is 1.79. The van der Waals surface area contributed by atoms with Crippen LogP contribution in [0, 0.1) is 0 Å². The van der Waals surface area contributed by atoms with Crippen LogP contribution >= 0.6 is 12.6 Å². The van der Waals surface area contributed by atoms with Gasteiger partial charge in [-0.25, -0.2) is 4.98 Å². The smallest absolute Gasteiger partial charge is 0.287 e. The number of hydrogen-bond donors (Lipinski definition) is 2. The molecule has 0 atom stereocenters. The molecule has 0 aliphatic rings. The second kappa shape index (κ2) is 5.73. The molecule has 0 fully saturated rings. The predicted molar refractivity (Wildman–Crippen MR) is 74.8 cm³/mol. The van der Waals surface area contributed by atoms with Gasteiger partial charge in [-0.05, 0) is 0 Å². The average Bonchev–Trinajstić information content (AvgIpc) is 2.79. The predicted octanol–water partition coefficient (Wildman–Crippen LogP) is 1.75. The summed E-state index contributed by atoms with van der Waals surface area (Å²) in [6.45, 7) is 0.537. The van der Waals surface area contributed by atoms with Crippen LogP contribution in [0.4, 0.5) is 0 Å². The first-order valence-electron chi connectivity index (χ1n) is 5.70. The van der Waals surface area contributed by atoms with Crippen molar-refractivity contribution in [2.75, 3.05) is 12.3 Å². The van der Waals surface area contributed by atoms with Gasteiger partial charge < -0.3 is 9.88 Å². The van der Waals surface area contributed by atoms with Crippen LogP contribution in [0.2, 0.25) is 0 Å². The number of aryl methyl sites for hydroxylation is 1. The maximum absolute atomic E-state index is 11.8. The number of aromatic nitrogens is 2. The third-order valence-corrected chi connectivity index (χ3v) is 2.77. The number of nitrogens with one attached hydrogen (secondary N) is 1. The molecule has 1 amide bonds. The molecule has 0 radical (unpaired) electrons. The maximum Gasteiger partial charge on any atom is 0.287 e. The van der Waals surface area contributed by atoms with Gasteiger partial charge in [0.05, 0.1) is 5.69 Å². The zero-order chi connectivity index (χ0) is 13.0. The third kappa shape index (κ3) is 2.73. The Labute approximate surface area is 111 Å². The highest BCUT2D eigenvalue weighted by Crippen LogP contribution is 2.17. The normalized spacial score (nSPS) is 10.3. The molecule has 1 aromatic heterocycles. The number of carbonyl (C=O) groups excluding carboxylic acids is 1. The van der Waals surface area contributed by atoms with Gasteiger partial charge in [-0.15, -0.1) is 0 Å². The van der Waals surface area contributed by atoms with Crippen molar-refractivity contribution in [1.29, 1.82) is 0 Å². The molecule has 2 rings (SSSR count). The van der Waals surface area contributed by atoms with Crippen LogP contribution in [0.1, 0.15) is 10.6 Å². The number of hydrogen-bond acceptors (Lipinski definition) is 3. The minimum absolute atomic E-state index is 0.172. The molecule has 1 aromatic carbocycles. The number of imidazole rings is 1. The van der Waals surface area contributed by atoms with Crippen molar-refractivity contribution in [3.63, 3.8) is 0 Å². The van der Waals surface area contributed by atoms with Crippen molar-refractivity contribution in [2.24, 2.45) is 7.05 Å². The molecule has 18 heavy (non-hydrogen) atoms. The van der Waals surface area contributed by atoms with E-state index in [1.54, 1.807) is 4.57 Å². The Hall–Kier alpha value is -1.75. The summed E-state index contributed by atoms with van der Waals surface area (Å²) in [5.74, 6) is 0.853. The van der Waals surface area contributed by atoms with Gasteiger partial charge >= 0.3 is 0 Å². The van der Waals surface area contributed by atoms with Gasteiger partial charge in [0.15, 0.2) is 5.82 Å². The highest BCUT2D eigenvalue weighted by molar-refractivity contribution is 7.80. The Bertz CT molecular complexity index is 536. The largest absolute Gasteiger partial charge is 0.349 e. The second-order valence-electron chi connectivity index (χ2n) is 3.91. The van der Waals surface area contributed by atoms with Crippen LogP contribution in [0.15, 0.2) is 36.5 Å².